The molecule has 0 saturated carbocycles. The Morgan fingerprint density at radius 2 is 2.07 bits per heavy atom. The van der Waals surface area contributed by atoms with E-state index in [1.165, 1.54) is 0 Å². The second-order valence-corrected chi connectivity index (χ2v) is 7.89. The van der Waals surface area contributed by atoms with Crippen molar-refractivity contribution >= 4 is 16.8 Å². The van der Waals surface area contributed by atoms with Gasteiger partial charge in [-0.15, -0.1) is 0 Å². The fourth-order valence-electron chi connectivity index (χ4n) is 4.27. The molecular formula is C23H24N6O. The molecule has 1 atom stereocenters. The summed E-state index contributed by atoms with van der Waals surface area (Å²) < 4.78 is 2.11. The number of carbonyl (C=O) groups excluding carboxylic acids is 1. The SMILES string of the molecule is O=C(c1ccccn1)N1CCCC(Cn2ncc3cc(-c4cn[nH]c4)ccc32)CC1. The number of fused-ring (bicyclic) bond motifs is 1. The molecule has 1 amide bonds. The molecule has 152 valence electrons. The molecule has 7 heteroatoms. The number of aromatic nitrogens is 5. The van der Waals surface area contributed by atoms with E-state index in [2.05, 4.69) is 43.2 Å². The van der Waals surface area contributed by atoms with Crippen LogP contribution < -0.4 is 0 Å². The summed E-state index contributed by atoms with van der Waals surface area (Å²) in [6, 6.07) is 11.9. The van der Waals surface area contributed by atoms with Crippen LogP contribution in [0, 0.1) is 5.92 Å². The molecule has 0 aliphatic carbocycles. The van der Waals surface area contributed by atoms with E-state index < -0.39 is 0 Å². The molecule has 1 aliphatic rings. The third kappa shape index (κ3) is 3.70. The predicted molar refractivity (Wildman–Crippen MR) is 115 cm³/mol. The van der Waals surface area contributed by atoms with Gasteiger partial charge >= 0.3 is 0 Å². The summed E-state index contributed by atoms with van der Waals surface area (Å²) in [5, 5.41) is 12.7. The lowest BCUT2D eigenvalue weighted by atomic mass is 10.0. The van der Waals surface area contributed by atoms with Crippen molar-refractivity contribution in [1.82, 2.24) is 29.9 Å². The summed E-state index contributed by atoms with van der Waals surface area (Å²) in [6.45, 7) is 2.43. The van der Waals surface area contributed by atoms with Crippen molar-refractivity contribution < 1.29 is 4.79 Å². The van der Waals surface area contributed by atoms with Gasteiger partial charge in [-0.05, 0) is 55.0 Å². The lowest BCUT2D eigenvalue weighted by Crippen LogP contribution is -2.32. The molecule has 0 spiro atoms. The molecule has 1 N–H and O–H groups in total. The average Bonchev–Trinajstić information content (AvgIpc) is 3.40. The zero-order chi connectivity index (χ0) is 20.3. The van der Waals surface area contributed by atoms with Crippen LogP contribution in [0.2, 0.25) is 0 Å². The Labute approximate surface area is 174 Å². The highest BCUT2D eigenvalue weighted by atomic mass is 16.2. The Hall–Kier alpha value is -3.48. The lowest BCUT2D eigenvalue weighted by Gasteiger charge is -2.20. The molecule has 30 heavy (non-hydrogen) atoms. The number of pyridine rings is 1. The number of rotatable bonds is 4. The average molecular weight is 400 g/mol. The number of benzene rings is 1. The summed E-state index contributed by atoms with van der Waals surface area (Å²) in [5.74, 6) is 0.538. The second-order valence-electron chi connectivity index (χ2n) is 7.89. The van der Waals surface area contributed by atoms with Gasteiger partial charge in [-0.25, -0.2) is 0 Å². The molecule has 1 aliphatic heterocycles. The standard InChI is InChI=1S/C23H24N6O/c30-23(21-5-1-2-9-24-21)28-10-3-4-17(8-11-28)16-29-22-7-6-18(12-19(22)15-27-29)20-13-25-26-14-20/h1-2,5-7,9,12-15,17H,3-4,8,10-11,16H2,(H,25,26). The maximum absolute atomic E-state index is 12.7. The van der Waals surface area contributed by atoms with Crippen molar-refractivity contribution in [2.24, 2.45) is 5.92 Å². The van der Waals surface area contributed by atoms with Crippen molar-refractivity contribution in [3.8, 4) is 11.1 Å². The number of likely N-dealkylation sites (tertiary alicyclic amines) is 1. The van der Waals surface area contributed by atoms with Crippen LogP contribution in [-0.2, 0) is 6.54 Å². The molecular weight excluding hydrogens is 376 g/mol. The molecule has 1 aromatic carbocycles. The Balaban J connectivity index is 1.27. The highest BCUT2D eigenvalue weighted by molar-refractivity contribution is 5.92. The van der Waals surface area contributed by atoms with Crippen molar-refractivity contribution in [3.05, 3.63) is 66.9 Å². The molecule has 4 aromatic rings. The monoisotopic (exact) mass is 400 g/mol. The molecule has 3 aromatic heterocycles. The first kappa shape index (κ1) is 18.5. The van der Waals surface area contributed by atoms with Crippen LogP contribution in [-0.4, -0.2) is 48.9 Å². The van der Waals surface area contributed by atoms with Crippen LogP contribution in [0.1, 0.15) is 29.8 Å². The first-order valence-electron chi connectivity index (χ1n) is 10.4. The van der Waals surface area contributed by atoms with Crippen LogP contribution in [0.25, 0.3) is 22.0 Å². The van der Waals surface area contributed by atoms with Gasteiger partial charge in [0.25, 0.3) is 5.91 Å². The summed E-state index contributed by atoms with van der Waals surface area (Å²) >= 11 is 0. The number of amides is 1. The van der Waals surface area contributed by atoms with Crippen LogP contribution >= 0.6 is 0 Å². The van der Waals surface area contributed by atoms with Crippen LogP contribution in [0.3, 0.4) is 0 Å². The fraction of sp³-hybridized carbons (Fsp3) is 0.304. The van der Waals surface area contributed by atoms with E-state index in [-0.39, 0.29) is 5.91 Å². The van der Waals surface area contributed by atoms with Gasteiger partial charge in [-0.1, -0.05) is 12.1 Å². The number of hydrogen-bond acceptors (Lipinski definition) is 4. The van der Waals surface area contributed by atoms with Gasteiger partial charge < -0.3 is 4.90 Å². The first-order chi connectivity index (χ1) is 14.8. The van der Waals surface area contributed by atoms with E-state index in [0.717, 1.165) is 60.9 Å². The summed E-state index contributed by atoms with van der Waals surface area (Å²) in [7, 11) is 0. The van der Waals surface area contributed by atoms with Gasteiger partial charge in [-0.2, -0.15) is 10.2 Å². The van der Waals surface area contributed by atoms with Crippen molar-refractivity contribution in [2.45, 2.75) is 25.8 Å². The highest BCUT2D eigenvalue weighted by Gasteiger charge is 2.23. The molecule has 5 rings (SSSR count). The van der Waals surface area contributed by atoms with Gasteiger partial charge in [0.1, 0.15) is 5.69 Å². The minimum Gasteiger partial charge on any atom is -0.337 e. The minimum absolute atomic E-state index is 0.0348. The van der Waals surface area contributed by atoms with Crippen molar-refractivity contribution in [2.75, 3.05) is 13.1 Å². The minimum atomic E-state index is 0.0348. The predicted octanol–water partition coefficient (Wildman–Crippen LogP) is 3.76. The maximum Gasteiger partial charge on any atom is 0.272 e. The van der Waals surface area contributed by atoms with E-state index in [1.54, 1.807) is 12.3 Å². The third-order valence-corrected chi connectivity index (χ3v) is 5.92. The van der Waals surface area contributed by atoms with Gasteiger partial charge in [-0.3, -0.25) is 19.6 Å². The zero-order valence-electron chi connectivity index (χ0n) is 16.7. The molecule has 1 fully saturated rings. The van der Waals surface area contributed by atoms with E-state index >= 15 is 0 Å². The highest BCUT2D eigenvalue weighted by Crippen LogP contribution is 2.26. The normalized spacial score (nSPS) is 17.2. The summed E-state index contributed by atoms with van der Waals surface area (Å²) in [5.41, 5.74) is 3.88. The molecule has 1 unspecified atom stereocenters. The van der Waals surface area contributed by atoms with Gasteiger partial charge in [0.15, 0.2) is 0 Å². The quantitative estimate of drug-likeness (QED) is 0.566. The van der Waals surface area contributed by atoms with Gasteiger partial charge in [0.05, 0.1) is 17.9 Å². The number of nitrogens with zero attached hydrogens (tertiary/aromatic N) is 5. The van der Waals surface area contributed by atoms with Gasteiger partial charge in [0.2, 0.25) is 0 Å². The van der Waals surface area contributed by atoms with Crippen LogP contribution in [0.15, 0.2) is 61.2 Å². The number of hydrogen-bond donors (Lipinski definition) is 1. The molecule has 0 radical (unpaired) electrons. The summed E-state index contributed by atoms with van der Waals surface area (Å²) in [6.07, 6.45) is 10.4. The maximum atomic E-state index is 12.7. The van der Waals surface area contributed by atoms with Crippen LogP contribution in [0.5, 0.6) is 0 Å². The number of carbonyl (C=O) groups is 1. The Bertz CT molecular complexity index is 1140. The number of nitrogens with one attached hydrogen (secondary N) is 1. The second kappa shape index (κ2) is 8.10. The van der Waals surface area contributed by atoms with E-state index in [1.807, 2.05) is 35.6 Å². The van der Waals surface area contributed by atoms with E-state index in [9.17, 15) is 4.79 Å². The smallest absolute Gasteiger partial charge is 0.272 e. The Morgan fingerprint density at radius 3 is 2.90 bits per heavy atom. The van der Waals surface area contributed by atoms with Crippen molar-refractivity contribution in [3.63, 3.8) is 0 Å². The topological polar surface area (TPSA) is 79.7 Å². The lowest BCUT2D eigenvalue weighted by molar-refractivity contribution is 0.0753. The largest absolute Gasteiger partial charge is 0.337 e. The van der Waals surface area contributed by atoms with Gasteiger partial charge in [0, 0.05) is 43.0 Å². The number of H-pyrrole nitrogens is 1. The Kier molecular flexibility index (Phi) is 5.01. The number of aromatic amines is 1. The van der Waals surface area contributed by atoms with E-state index in [0.29, 0.717) is 11.6 Å². The molecule has 0 bridgehead atoms. The van der Waals surface area contributed by atoms with E-state index in [4.69, 9.17) is 0 Å². The van der Waals surface area contributed by atoms with Crippen LogP contribution in [0.4, 0.5) is 0 Å². The fourth-order valence-corrected chi connectivity index (χ4v) is 4.27. The molecule has 1 saturated heterocycles. The first-order valence-corrected chi connectivity index (χ1v) is 10.4. The Morgan fingerprint density at radius 1 is 1.10 bits per heavy atom. The molecule has 7 nitrogen and oxygen atoms in total. The molecule has 4 heterocycles. The summed E-state index contributed by atoms with van der Waals surface area (Å²) in [4.78, 5) is 18.9. The van der Waals surface area contributed by atoms with Crippen molar-refractivity contribution in [1.29, 1.82) is 0 Å². The zero-order valence-corrected chi connectivity index (χ0v) is 16.7. The third-order valence-electron chi connectivity index (χ3n) is 5.92.